The van der Waals surface area contributed by atoms with E-state index < -0.39 is 0 Å². The summed E-state index contributed by atoms with van der Waals surface area (Å²) in [6.07, 6.45) is 6.68. The van der Waals surface area contributed by atoms with Gasteiger partial charge < -0.3 is 4.42 Å². The maximum atomic E-state index is 11.4. The molecular weight excluding hydrogens is 370 g/mol. The van der Waals surface area contributed by atoms with Crippen LogP contribution in [-0.2, 0) is 0 Å². The fourth-order valence-electron chi connectivity index (χ4n) is 2.66. The topological polar surface area (TPSA) is 68.9 Å². The summed E-state index contributed by atoms with van der Waals surface area (Å²) in [5.41, 5.74) is 1.99. The van der Waals surface area contributed by atoms with Crippen LogP contribution in [0.15, 0.2) is 51.2 Å². The van der Waals surface area contributed by atoms with Crippen LogP contribution in [-0.4, -0.2) is 20.7 Å². The van der Waals surface area contributed by atoms with Gasteiger partial charge in [0.25, 0.3) is 0 Å². The third kappa shape index (κ3) is 3.52. The van der Waals surface area contributed by atoms with E-state index >= 15 is 0 Å². The van der Waals surface area contributed by atoms with Gasteiger partial charge in [-0.1, -0.05) is 18.0 Å². The molecule has 4 rings (SSSR count). The number of pyridine rings is 2. The maximum absolute atomic E-state index is 11.4. The predicted molar refractivity (Wildman–Crippen MR) is 99.7 cm³/mol. The summed E-state index contributed by atoms with van der Waals surface area (Å²) in [4.78, 5) is 24.7. The summed E-state index contributed by atoms with van der Waals surface area (Å²) < 4.78 is 6.07. The fourth-order valence-corrected chi connectivity index (χ4v) is 3.59. The Bertz CT molecular complexity index is 934. The first kappa shape index (κ1) is 17.2. The molecule has 0 aromatic carbocycles. The maximum Gasteiger partial charge on any atom is 0.199 e. The van der Waals surface area contributed by atoms with Gasteiger partial charge in [-0.05, 0) is 48.9 Å². The van der Waals surface area contributed by atoms with Crippen LogP contribution in [0, 0.1) is 0 Å². The number of rotatable bonds is 5. The number of aromatic nitrogens is 3. The van der Waals surface area contributed by atoms with Crippen LogP contribution in [0.5, 0.6) is 0 Å². The Hall–Kier alpha value is -2.18. The van der Waals surface area contributed by atoms with Crippen molar-refractivity contribution in [2.75, 3.05) is 0 Å². The molecule has 5 nitrogen and oxygen atoms in total. The molecule has 1 fully saturated rings. The summed E-state index contributed by atoms with van der Waals surface area (Å²) in [5.74, 6) is 1.08. The molecule has 26 heavy (non-hydrogen) atoms. The highest BCUT2D eigenvalue weighted by atomic mass is 35.5. The van der Waals surface area contributed by atoms with Crippen LogP contribution < -0.4 is 0 Å². The quantitative estimate of drug-likeness (QED) is 0.547. The van der Waals surface area contributed by atoms with Gasteiger partial charge in [0.05, 0.1) is 5.02 Å². The van der Waals surface area contributed by atoms with Crippen molar-refractivity contribution in [1.82, 2.24) is 15.0 Å². The number of oxazole rings is 1. The normalized spacial score (nSPS) is 14.2. The molecule has 7 heteroatoms. The Labute approximate surface area is 160 Å². The van der Waals surface area contributed by atoms with E-state index in [-0.39, 0.29) is 5.78 Å². The molecule has 0 amide bonds. The monoisotopic (exact) mass is 385 g/mol. The fraction of sp³-hybridized carbons (Fsp3) is 0.263. The van der Waals surface area contributed by atoms with Gasteiger partial charge in [0.2, 0.25) is 0 Å². The van der Waals surface area contributed by atoms with E-state index in [0.717, 1.165) is 35.0 Å². The molecule has 0 atom stereocenters. The first-order valence-corrected chi connectivity index (χ1v) is 9.57. The third-order valence-electron chi connectivity index (χ3n) is 4.36. The van der Waals surface area contributed by atoms with E-state index in [1.165, 1.54) is 25.1 Å². The van der Waals surface area contributed by atoms with E-state index in [4.69, 9.17) is 21.0 Å². The molecule has 0 unspecified atom stereocenters. The number of hydrogen-bond donors (Lipinski definition) is 0. The lowest BCUT2D eigenvalue weighted by Crippen LogP contribution is -2.08. The number of ketones is 1. The first-order valence-electron chi connectivity index (χ1n) is 8.37. The van der Waals surface area contributed by atoms with Crippen molar-refractivity contribution in [2.45, 2.75) is 42.2 Å². The molecule has 0 N–H and O–H groups in total. The van der Waals surface area contributed by atoms with Crippen molar-refractivity contribution in [1.29, 1.82) is 0 Å². The van der Waals surface area contributed by atoms with E-state index in [2.05, 4.69) is 9.97 Å². The molecule has 1 aliphatic rings. The van der Waals surface area contributed by atoms with Crippen LogP contribution in [0.4, 0.5) is 0 Å². The Morgan fingerprint density at radius 3 is 2.62 bits per heavy atom. The molecule has 3 aromatic rings. The minimum absolute atomic E-state index is 0.0631. The number of hydrogen-bond acceptors (Lipinski definition) is 6. The lowest BCUT2D eigenvalue weighted by molar-refractivity contribution is 0.101. The molecule has 0 aliphatic heterocycles. The lowest BCUT2D eigenvalue weighted by atomic mass is 9.85. The molecule has 0 radical (unpaired) electrons. The standard InChI is InChI=1S/C19H16ClN3O2S/c1-11(24)15-7-5-13(9-21-15)17-19(25-18(23-17)12-3-2-4-12)26-16-8-6-14(20)10-22-16/h5-10,12H,2-4H2,1H3. The van der Waals surface area contributed by atoms with Gasteiger partial charge in [-0.3, -0.25) is 9.78 Å². The number of halogens is 1. The Kier molecular flexibility index (Phi) is 4.78. The van der Waals surface area contributed by atoms with Crippen LogP contribution in [0.2, 0.25) is 5.02 Å². The summed E-state index contributed by atoms with van der Waals surface area (Å²) in [6, 6.07) is 7.21. The van der Waals surface area contributed by atoms with Crippen molar-refractivity contribution >= 4 is 29.1 Å². The Morgan fingerprint density at radius 2 is 2.04 bits per heavy atom. The zero-order valence-electron chi connectivity index (χ0n) is 14.1. The van der Waals surface area contributed by atoms with E-state index in [1.807, 2.05) is 12.1 Å². The average Bonchev–Trinajstić information content (AvgIpc) is 2.98. The van der Waals surface area contributed by atoms with Gasteiger partial charge in [-0.15, -0.1) is 0 Å². The van der Waals surface area contributed by atoms with E-state index in [1.54, 1.807) is 24.5 Å². The van der Waals surface area contributed by atoms with Gasteiger partial charge in [0, 0.05) is 30.8 Å². The smallest absolute Gasteiger partial charge is 0.199 e. The lowest BCUT2D eigenvalue weighted by Gasteiger charge is -2.21. The van der Waals surface area contributed by atoms with Crippen molar-refractivity contribution < 1.29 is 9.21 Å². The van der Waals surface area contributed by atoms with E-state index in [9.17, 15) is 4.79 Å². The number of nitrogens with zero attached hydrogens (tertiary/aromatic N) is 3. The van der Waals surface area contributed by atoms with Gasteiger partial charge >= 0.3 is 0 Å². The Morgan fingerprint density at radius 1 is 1.19 bits per heavy atom. The highest BCUT2D eigenvalue weighted by Crippen LogP contribution is 2.42. The minimum Gasteiger partial charge on any atom is -0.433 e. The van der Waals surface area contributed by atoms with Crippen molar-refractivity contribution in [2.24, 2.45) is 0 Å². The first-order chi connectivity index (χ1) is 12.6. The second-order valence-corrected chi connectivity index (χ2v) is 7.65. The highest BCUT2D eigenvalue weighted by molar-refractivity contribution is 7.99. The summed E-state index contributed by atoms with van der Waals surface area (Å²) in [5, 5.41) is 2.05. The van der Waals surface area contributed by atoms with Crippen molar-refractivity contribution in [3.8, 4) is 11.3 Å². The summed E-state index contributed by atoms with van der Waals surface area (Å²) in [6.45, 7) is 1.50. The zero-order valence-corrected chi connectivity index (χ0v) is 15.7. The largest absolute Gasteiger partial charge is 0.433 e. The highest BCUT2D eigenvalue weighted by Gasteiger charge is 2.27. The van der Waals surface area contributed by atoms with Gasteiger partial charge in [-0.2, -0.15) is 0 Å². The summed E-state index contributed by atoms with van der Waals surface area (Å²) >= 11 is 7.32. The molecule has 0 spiro atoms. The average molecular weight is 386 g/mol. The predicted octanol–water partition coefficient (Wildman–Crippen LogP) is 5.41. The molecule has 1 saturated carbocycles. The molecule has 3 heterocycles. The second-order valence-electron chi connectivity index (χ2n) is 6.22. The van der Waals surface area contributed by atoms with Gasteiger partial charge in [0.15, 0.2) is 16.8 Å². The second kappa shape index (κ2) is 7.21. The number of carbonyl (C=O) groups is 1. The zero-order chi connectivity index (χ0) is 18.1. The van der Waals surface area contributed by atoms with Crippen molar-refractivity contribution in [3.63, 3.8) is 0 Å². The van der Waals surface area contributed by atoms with Crippen LogP contribution in [0.1, 0.15) is 48.5 Å². The number of carbonyl (C=O) groups excluding carboxylic acids is 1. The molecule has 1 aliphatic carbocycles. The molecule has 0 saturated heterocycles. The minimum atomic E-state index is -0.0631. The number of Topliss-reactive ketones (excluding diaryl/α,β-unsaturated/α-hetero) is 1. The molecule has 0 bridgehead atoms. The molecule has 3 aromatic heterocycles. The third-order valence-corrected chi connectivity index (χ3v) is 5.50. The van der Waals surface area contributed by atoms with Crippen LogP contribution in [0.3, 0.4) is 0 Å². The van der Waals surface area contributed by atoms with Gasteiger partial charge in [0.1, 0.15) is 16.4 Å². The molecular formula is C19H16ClN3O2S. The summed E-state index contributed by atoms with van der Waals surface area (Å²) in [7, 11) is 0. The molecule has 132 valence electrons. The SMILES string of the molecule is CC(=O)c1ccc(-c2nc(C3CCC3)oc2Sc2ccc(Cl)cn2)cn1. The van der Waals surface area contributed by atoms with E-state index in [0.29, 0.717) is 21.7 Å². The van der Waals surface area contributed by atoms with Crippen molar-refractivity contribution in [3.05, 3.63) is 53.3 Å². The van der Waals surface area contributed by atoms with Crippen LogP contribution in [0.25, 0.3) is 11.3 Å². The van der Waals surface area contributed by atoms with Gasteiger partial charge in [-0.25, -0.2) is 9.97 Å². The Balaban J connectivity index is 1.70. The van der Waals surface area contributed by atoms with Crippen LogP contribution >= 0.6 is 23.4 Å².